The van der Waals surface area contributed by atoms with Crippen molar-refractivity contribution in [3.05, 3.63) is 57.8 Å². The Morgan fingerprint density at radius 3 is 2.73 bits per heavy atom. The lowest BCUT2D eigenvalue weighted by molar-refractivity contribution is 0.585. The Bertz CT molecular complexity index is 908. The molecule has 6 nitrogen and oxygen atoms in total. The summed E-state index contributed by atoms with van der Waals surface area (Å²) >= 11 is 0. The summed E-state index contributed by atoms with van der Waals surface area (Å²) in [6.07, 6.45) is 1.35. The van der Waals surface area contributed by atoms with Crippen molar-refractivity contribution < 1.29 is 8.42 Å². The largest absolute Gasteiger partial charge is 0.298 e. The van der Waals surface area contributed by atoms with E-state index in [1.54, 1.807) is 13.8 Å². The third-order valence-corrected chi connectivity index (χ3v) is 5.13. The lowest BCUT2D eigenvalue weighted by atomic mass is 10.2. The van der Waals surface area contributed by atoms with E-state index in [0.717, 1.165) is 0 Å². The van der Waals surface area contributed by atoms with Crippen LogP contribution in [0.1, 0.15) is 16.8 Å². The van der Waals surface area contributed by atoms with E-state index in [1.165, 1.54) is 35.2 Å². The number of hydrogen-bond acceptors (Lipinski definition) is 5. The molecule has 1 aromatic heterocycles. The fourth-order valence-corrected chi connectivity index (χ4v) is 3.20. The smallest absolute Gasteiger partial charge is 0.256 e. The number of benzene rings is 1. The van der Waals surface area contributed by atoms with Gasteiger partial charge in [0.05, 0.1) is 28.6 Å². The molecule has 2 aromatic rings. The van der Waals surface area contributed by atoms with Crippen molar-refractivity contribution in [2.75, 3.05) is 5.75 Å². The molecule has 0 saturated carbocycles. The number of nitrogens with zero attached hydrogens (tertiary/aromatic N) is 3. The predicted molar refractivity (Wildman–Crippen MR) is 81.2 cm³/mol. The van der Waals surface area contributed by atoms with Crippen LogP contribution in [0.15, 0.2) is 40.3 Å². The zero-order valence-corrected chi connectivity index (χ0v) is 13.1. The molecule has 0 saturated heterocycles. The first-order valence-corrected chi connectivity index (χ1v) is 8.26. The summed E-state index contributed by atoms with van der Waals surface area (Å²) in [6.45, 7) is 3.41. The summed E-state index contributed by atoms with van der Waals surface area (Å²) < 4.78 is 25.9. The summed E-state index contributed by atoms with van der Waals surface area (Å²) in [5.41, 5.74) is 1.18. The topological polar surface area (TPSA) is 92.8 Å². The number of rotatable bonds is 4. The lowest BCUT2D eigenvalue weighted by Crippen LogP contribution is -2.27. The Balaban J connectivity index is 2.26. The monoisotopic (exact) mass is 317 g/mol. The molecule has 0 N–H and O–H groups in total. The van der Waals surface area contributed by atoms with Crippen LogP contribution in [0.3, 0.4) is 0 Å². The van der Waals surface area contributed by atoms with E-state index in [9.17, 15) is 13.2 Å². The van der Waals surface area contributed by atoms with Crippen molar-refractivity contribution >= 4 is 9.84 Å². The second kappa shape index (κ2) is 6.12. The molecule has 7 heteroatoms. The Morgan fingerprint density at radius 2 is 2.05 bits per heavy atom. The van der Waals surface area contributed by atoms with Crippen LogP contribution in [-0.2, 0) is 16.4 Å². The van der Waals surface area contributed by atoms with Gasteiger partial charge in [0.2, 0.25) is 0 Å². The fourth-order valence-electron chi connectivity index (χ4n) is 1.93. The number of sulfone groups is 1. The number of aromatic nitrogens is 2. The van der Waals surface area contributed by atoms with Gasteiger partial charge in [-0.05, 0) is 32.0 Å². The molecule has 0 aliphatic rings. The van der Waals surface area contributed by atoms with E-state index >= 15 is 0 Å². The Kier molecular flexibility index (Phi) is 4.43. The minimum Gasteiger partial charge on any atom is -0.298 e. The molecule has 0 amide bonds. The first-order valence-electron chi connectivity index (χ1n) is 6.61. The SMILES string of the molecule is Cc1ncn(CCS(=O)(=O)c2cccc(C#N)c2)c(=O)c1C. The van der Waals surface area contributed by atoms with Gasteiger partial charge in [-0.15, -0.1) is 0 Å². The number of hydrogen-bond donors (Lipinski definition) is 0. The van der Waals surface area contributed by atoms with Gasteiger partial charge in [0, 0.05) is 17.8 Å². The zero-order chi connectivity index (χ0) is 16.3. The maximum absolute atomic E-state index is 12.3. The van der Waals surface area contributed by atoms with Crippen LogP contribution in [0.2, 0.25) is 0 Å². The van der Waals surface area contributed by atoms with Crippen LogP contribution >= 0.6 is 0 Å². The summed E-state index contributed by atoms with van der Waals surface area (Å²) in [5, 5.41) is 8.83. The van der Waals surface area contributed by atoms with E-state index in [-0.39, 0.29) is 28.3 Å². The Labute approximate surface area is 128 Å². The highest BCUT2D eigenvalue weighted by Gasteiger charge is 2.16. The first-order chi connectivity index (χ1) is 10.3. The zero-order valence-electron chi connectivity index (χ0n) is 12.3. The van der Waals surface area contributed by atoms with Gasteiger partial charge in [-0.2, -0.15) is 5.26 Å². The molecule has 0 radical (unpaired) electrons. The molecule has 0 unspecified atom stereocenters. The van der Waals surface area contributed by atoms with Gasteiger partial charge in [0.1, 0.15) is 0 Å². The van der Waals surface area contributed by atoms with Crippen LogP contribution in [0, 0.1) is 25.2 Å². The maximum atomic E-state index is 12.3. The van der Waals surface area contributed by atoms with Crippen molar-refractivity contribution in [3.63, 3.8) is 0 Å². The standard InChI is InChI=1S/C15H15N3O3S/c1-11-12(2)17-10-18(15(11)19)6-7-22(20,21)14-5-3-4-13(8-14)9-16/h3-5,8,10H,6-7H2,1-2H3. The minimum absolute atomic E-state index is 0.0199. The summed E-state index contributed by atoms with van der Waals surface area (Å²) in [7, 11) is -3.57. The molecule has 1 aromatic carbocycles. The summed E-state index contributed by atoms with van der Waals surface area (Å²) in [4.78, 5) is 16.2. The van der Waals surface area contributed by atoms with Gasteiger partial charge in [-0.1, -0.05) is 6.07 Å². The minimum atomic E-state index is -3.57. The van der Waals surface area contributed by atoms with Crippen LogP contribution < -0.4 is 5.56 Å². The van der Waals surface area contributed by atoms with Crippen molar-refractivity contribution in [1.29, 1.82) is 5.26 Å². The highest BCUT2D eigenvalue weighted by Crippen LogP contribution is 2.13. The molecule has 1 heterocycles. The lowest BCUT2D eigenvalue weighted by Gasteiger charge is -2.08. The van der Waals surface area contributed by atoms with Crippen LogP contribution in [0.5, 0.6) is 0 Å². The van der Waals surface area contributed by atoms with E-state index < -0.39 is 9.84 Å². The van der Waals surface area contributed by atoms with Gasteiger partial charge < -0.3 is 0 Å². The second-order valence-electron chi connectivity index (χ2n) is 4.91. The second-order valence-corrected chi connectivity index (χ2v) is 7.02. The molecule has 0 spiro atoms. The number of nitriles is 1. The molecule has 0 bridgehead atoms. The third kappa shape index (κ3) is 3.23. The Morgan fingerprint density at radius 1 is 1.32 bits per heavy atom. The van der Waals surface area contributed by atoms with Crippen LogP contribution in [-0.4, -0.2) is 23.7 Å². The van der Waals surface area contributed by atoms with Crippen LogP contribution in [0.4, 0.5) is 0 Å². The average Bonchev–Trinajstić information content (AvgIpc) is 2.52. The molecular formula is C15H15N3O3S. The van der Waals surface area contributed by atoms with Crippen LogP contribution in [0.25, 0.3) is 0 Å². The predicted octanol–water partition coefficient (Wildman–Crippen LogP) is 1.21. The number of aryl methyl sites for hydroxylation is 2. The molecule has 2 rings (SSSR count). The van der Waals surface area contributed by atoms with E-state index in [4.69, 9.17) is 5.26 Å². The molecule has 114 valence electrons. The van der Waals surface area contributed by atoms with E-state index in [2.05, 4.69) is 4.98 Å². The maximum Gasteiger partial charge on any atom is 0.256 e. The van der Waals surface area contributed by atoms with Crippen molar-refractivity contribution in [3.8, 4) is 6.07 Å². The summed E-state index contributed by atoms with van der Waals surface area (Å²) in [6, 6.07) is 7.74. The molecule has 0 atom stereocenters. The van der Waals surface area contributed by atoms with Crippen molar-refractivity contribution in [2.24, 2.45) is 0 Å². The average molecular weight is 317 g/mol. The van der Waals surface area contributed by atoms with E-state index in [0.29, 0.717) is 11.3 Å². The Hall–Kier alpha value is -2.46. The first kappa shape index (κ1) is 15.9. The third-order valence-electron chi connectivity index (χ3n) is 3.44. The molecule has 0 aliphatic heterocycles. The fraction of sp³-hybridized carbons (Fsp3) is 0.267. The summed E-state index contributed by atoms with van der Waals surface area (Å²) in [5.74, 6) is -0.230. The van der Waals surface area contributed by atoms with Gasteiger partial charge in [0.15, 0.2) is 9.84 Å². The quantitative estimate of drug-likeness (QED) is 0.845. The normalized spacial score (nSPS) is 11.1. The van der Waals surface area contributed by atoms with Gasteiger partial charge in [-0.3, -0.25) is 9.36 Å². The van der Waals surface area contributed by atoms with Gasteiger partial charge in [0.25, 0.3) is 5.56 Å². The highest BCUT2D eigenvalue weighted by molar-refractivity contribution is 7.91. The van der Waals surface area contributed by atoms with Gasteiger partial charge in [-0.25, -0.2) is 13.4 Å². The van der Waals surface area contributed by atoms with E-state index in [1.807, 2.05) is 6.07 Å². The highest BCUT2D eigenvalue weighted by atomic mass is 32.2. The molecule has 0 fully saturated rings. The van der Waals surface area contributed by atoms with Gasteiger partial charge >= 0.3 is 0 Å². The molecule has 22 heavy (non-hydrogen) atoms. The molecular weight excluding hydrogens is 302 g/mol. The molecule has 0 aliphatic carbocycles. The van der Waals surface area contributed by atoms with Crippen molar-refractivity contribution in [1.82, 2.24) is 9.55 Å². The van der Waals surface area contributed by atoms with Crippen molar-refractivity contribution in [2.45, 2.75) is 25.3 Å².